The molecule has 0 radical (unpaired) electrons. The SMILES string of the molecule is CC=CC(=O)CCCC(CC)(CC)CO[SiH3]. The maximum atomic E-state index is 11.4. The van der Waals surface area contributed by atoms with E-state index in [1.54, 1.807) is 6.08 Å². The van der Waals surface area contributed by atoms with Crippen LogP contribution in [0.2, 0.25) is 0 Å². The predicted octanol–water partition coefficient (Wildman–Crippen LogP) is 2.41. The van der Waals surface area contributed by atoms with Gasteiger partial charge in [0.2, 0.25) is 0 Å². The third-order valence-electron chi connectivity index (χ3n) is 3.43. The van der Waals surface area contributed by atoms with Gasteiger partial charge in [0.25, 0.3) is 0 Å². The van der Waals surface area contributed by atoms with E-state index in [1.165, 1.54) is 0 Å². The molecule has 0 rings (SSSR count). The fraction of sp³-hybridized carbons (Fsp3) is 0.769. The first-order valence-electron chi connectivity index (χ1n) is 6.28. The van der Waals surface area contributed by atoms with Crippen molar-refractivity contribution in [2.75, 3.05) is 6.61 Å². The van der Waals surface area contributed by atoms with Gasteiger partial charge in [-0.25, -0.2) is 0 Å². The molecular formula is C13H26O2Si. The number of carbonyl (C=O) groups excluding carboxylic acids is 1. The Balaban J connectivity index is 4.06. The molecule has 0 aliphatic carbocycles. The highest BCUT2D eigenvalue weighted by atomic mass is 28.2. The first kappa shape index (κ1) is 15.6. The molecule has 3 heteroatoms. The van der Waals surface area contributed by atoms with Gasteiger partial charge in [0.1, 0.15) is 10.5 Å². The van der Waals surface area contributed by atoms with E-state index in [9.17, 15) is 4.79 Å². The minimum Gasteiger partial charge on any atom is -0.427 e. The van der Waals surface area contributed by atoms with E-state index in [2.05, 4.69) is 13.8 Å². The molecule has 0 spiro atoms. The fourth-order valence-electron chi connectivity index (χ4n) is 2.09. The summed E-state index contributed by atoms with van der Waals surface area (Å²) in [7, 11) is 0.807. The number of allylic oxidation sites excluding steroid dienone is 2. The first-order chi connectivity index (χ1) is 7.64. The zero-order valence-corrected chi connectivity index (χ0v) is 13.2. The lowest BCUT2D eigenvalue weighted by atomic mass is 9.78. The molecule has 16 heavy (non-hydrogen) atoms. The highest BCUT2D eigenvalue weighted by molar-refractivity contribution is 5.97. The Morgan fingerprint density at radius 3 is 2.44 bits per heavy atom. The van der Waals surface area contributed by atoms with E-state index in [0.717, 1.165) is 42.8 Å². The molecule has 0 aliphatic heterocycles. The van der Waals surface area contributed by atoms with Crippen LogP contribution in [0.5, 0.6) is 0 Å². The van der Waals surface area contributed by atoms with Crippen LogP contribution in [0.4, 0.5) is 0 Å². The molecule has 0 amide bonds. The molecule has 0 aromatic heterocycles. The number of rotatable bonds is 9. The summed E-state index contributed by atoms with van der Waals surface area (Å²) in [5.74, 6) is 0.246. The molecule has 0 bridgehead atoms. The maximum absolute atomic E-state index is 11.4. The van der Waals surface area contributed by atoms with Crippen LogP contribution in [0.25, 0.3) is 0 Å². The van der Waals surface area contributed by atoms with Gasteiger partial charge in [0.05, 0.1) is 0 Å². The molecule has 0 saturated carbocycles. The van der Waals surface area contributed by atoms with Gasteiger partial charge in [-0.15, -0.1) is 0 Å². The standard InChI is InChI=1S/C13H26O2Si/c1-4-8-12(14)9-7-10-13(5-2,6-3)11-15-16/h4,8H,5-7,9-11H2,1-3,16H3. The largest absolute Gasteiger partial charge is 0.427 e. The quantitative estimate of drug-likeness (QED) is 0.458. The summed E-state index contributed by atoms with van der Waals surface area (Å²) in [6.45, 7) is 7.19. The third-order valence-corrected chi connectivity index (χ3v) is 3.72. The Kier molecular flexibility index (Phi) is 8.48. The Morgan fingerprint density at radius 1 is 1.38 bits per heavy atom. The lowest BCUT2D eigenvalue weighted by Gasteiger charge is -2.31. The summed E-state index contributed by atoms with van der Waals surface area (Å²) in [5.41, 5.74) is 0.304. The molecule has 0 saturated heterocycles. The van der Waals surface area contributed by atoms with Crippen molar-refractivity contribution in [1.82, 2.24) is 0 Å². The minimum absolute atomic E-state index is 0.246. The second-order valence-corrected chi connectivity index (χ2v) is 5.04. The summed E-state index contributed by atoms with van der Waals surface area (Å²) in [6, 6.07) is 0. The van der Waals surface area contributed by atoms with Crippen LogP contribution >= 0.6 is 0 Å². The Bertz CT molecular complexity index is 220. The maximum Gasteiger partial charge on any atom is 0.155 e. The molecule has 0 atom stereocenters. The Morgan fingerprint density at radius 2 is 2.00 bits per heavy atom. The molecule has 0 heterocycles. The van der Waals surface area contributed by atoms with E-state index in [0.29, 0.717) is 11.8 Å². The number of hydrogen-bond acceptors (Lipinski definition) is 2. The van der Waals surface area contributed by atoms with E-state index in [4.69, 9.17) is 4.43 Å². The lowest BCUT2D eigenvalue weighted by Crippen LogP contribution is -2.25. The van der Waals surface area contributed by atoms with Crippen molar-refractivity contribution in [1.29, 1.82) is 0 Å². The van der Waals surface area contributed by atoms with Crippen LogP contribution in [0.15, 0.2) is 12.2 Å². The lowest BCUT2D eigenvalue weighted by molar-refractivity contribution is -0.114. The summed E-state index contributed by atoms with van der Waals surface area (Å²) in [5, 5.41) is 0. The third kappa shape index (κ3) is 5.61. The van der Waals surface area contributed by atoms with Gasteiger partial charge in [0.15, 0.2) is 5.78 Å². The smallest absolute Gasteiger partial charge is 0.155 e. The molecule has 0 aromatic carbocycles. The monoisotopic (exact) mass is 242 g/mol. The molecule has 0 fully saturated rings. The molecule has 0 aliphatic rings. The highest BCUT2D eigenvalue weighted by Gasteiger charge is 2.25. The summed E-state index contributed by atoms with van der Waals surface area (Å²) >= 11 is 0. The van der Waals surface area contributed by atoms with E-state index in [1.807, 2.05) is 13.0 Å². The molecule has 0 aromatic rings. The molecule has 94 valence electrons. The number of ketones is 1. The Labute approximate surface area is 103 Å². The van der Waals surface area contributed by atoms with Gasteiger partial charge in [-0.2, -0.15) is 0 Å². The summed E-state index contributed by atoms with van der Waals surface area (Å²) in [4.78, 5) is 11.4. The first-order valence-corrected chi connectivity index (χ1v) is 7.10. The van der Waals surface area contributed by atoms with Crippen LogP contribution in [0, 0.1) is 5.41 Å². The van der Waals surface area contributed by atoms with Crippen LogP contribution in [0.3, 0.4) is 0 Å². The molecule has 2 nitrogen and oxygen atoms in total. The second-order valence-electron chi connectivity index (χ2n) is 4.46. The van der Waals surface area contributed by atoms with E-state index in [-0.39, 0.29) is 5.78 Å². The number of carbonyl (C=O) groups is 1. The van der Waals surface area contributed by atoms with Gasteiger partial charge in [-0.05, 0) is 44.1 Å². The average molecular weight is 242 g/mol. The predicted molar refractivity (Wildman–Crippen MR) is 72.6 cm³/mol. The van der Waals surface area contributed by atoms with Gasteiger partial charge in [0, 0.05) is 13.0 Å². The van der Waals surface area contributed by atoms with E-state index < -0.39 is 0 Å². The average Bonchev–Trinajstić information content (AvgIpc) is 2.28. The van der Waals surface area contributed by atoms with Gasteiger partial charge in [-0.3, -0.25) is 4.79 Å². The van der Waals surface area contributed by atoms with Crippen molar-refractivity contribution in [3.8, 4) is 0 Å². The van der Waals surface area contributed by atoms with Crippen LogP contribution in [-0.4, -0.2) is 22.9 Å². The van der Waals surface area contributed by atoms with Crippen molar-refractivity contribution >= 4 is 16.3 Å². The zero-order chi connectivity index (χ0) is 12.4. The van der Waals surface area contributed by atoms with E-state index >= 15 is 0 Å². The zero-order valence-electron chi connectivity index (χ0n) is 11.2. The van der Waals surface area contributed by atoms with Gasteiger partial charge in [-0.1, -0.05) is 19.9 Å². The van der Waals surface area contributed by atoms with Crippen molar-refractivity contribution in [2.45, 2.75) is 52.9 Å². The summed E-state index contributed by atoms with van der Waals surface area (Å²) < 4.78 is 5.43. The second kappa shape index (κ2) is 8.71. The van der Waals surface area contributed by atoms with Crippen LogP contribution < -0.4 is 0 Å². The molecular weight excluding hydrogens is 216 g/mol. The van der Waals surface area contributed by atoms with Crippen molar-refractivity contribution in [3.05, 3.63) is 12.2 Å². The Hall–Kier alpha value is -0.413. The van der Waals surface area contributed by atoms with Crippen LogP contribution in [0.1, 0.15) is 52.9 Å². The summed E-state index contributed by atoms with van der Waals surface area (Å²) in [6.07, 6.45) is 8.53. The number of hydrogen-bond donors (Lipinski definition) is 0. The van der Waals surface area contributed by atoms with Crippen molar-refractivity contribution in [2.24, 2.45) is 5.41 Å². The molecule has 0 N–H and O–H groups in total. The fourth-order valence-corrected chi connectivity index (χ4v) is 2.71. The van der Waals surface area contributed by atoms with Gasteiger partial charge >= 0.3 is 0 Å². The normalized spacial score (nSPS) is 12.4. The van der Waals surface area contributed by atoms with Crippen molar-refractivity contribution < 1.29 is 9.22 Å². The topological polar surface area (TPSA) is 26.3 Å². The van der Waals surface area contributed by atoms with Gasteiger partial charge < -0.3 is 4.43 Å². The highest BCUT2D eigenvalue weighted by Crippen LogP contribution is 2.32. The van der Waals surface area contributed by atoms with Crippen LogP contribution in [-0.2, 0) is 9.22 Å². The van der Waals surface area contributed by atoms with Crippen molar-refractivity contribution in [3.63, 3.8) is 0 Å². The molecule has 0 unspecified atom stereocenters. The minimum atomic E-state index is 0.246.